The molecule has 0 saturated carbocycles. The van der Waals surface area contributed by atoms with Crippen LogP contribution in [0.1, 0.15) is 45.1 Å². The molecule has 1 nitrogen and oxygen atoms in total. The van der Waals surface area contributed by atoms with Crippen molar-refractivity contribution in [3.8, 4) is 0 Å². The Balaban J connectivity index is 2.60. The SMILES string of the molecule is C=Cc1cc(CC)cc(C(=O)c2ccccc2C)c1C. The summed E-state index contributed by atoms with van der Waals surface area (Å²) >= 11 is 0. The Labute approximate surface area is 121 Å². The van der Waals surface area contributed by atoms with Crippen LogP contribution in [0.4, 0.5) is 0 Å². The van der Waals surface area contributed by atoms with Crippen LogP contribution >= 0.6 is 0 Å². The van der Waals surface area contributed by atoms with Crippen molar-refractivity contribution in [2.75, 3.05) is 0 Å². The third-order valence-corrected chi connectivity index (χ3v) is 3.77. The maximum absolute atomic E-state index is 12.8. The van der Waals surface area contributed by atoms with Crippen molar-refractivity contribution in [3.63, 3.8) is 0 Å². The number of rotatable bonds is 4. The minimum Gasteiger partial charge on any atom is -0.289 e. The lowest BCUT2D eigenvalue weighted by Crippen LogP contribution is -2.07. The Bertz CT molecular complexity index is 665. The monoisotopic (exact) mass is 264 g/mol. The highest BCUT2D eigenvalue weighted by molar-refractivity contribution is 6.11. The largest absolute Gasteiger partial charge is 0.289 e. The minimum absolute atomic E-state index is 0.0963. The van der Waals surface area contributed by atoms with E-state index in [2.05, 4.69) is 19.6 Å². The van der Waals surface area contributed by atoms with Gasteiger partial charge < -0.3 is 0 Å². The second kappa shape index (κ2) is 5.87. The molecular weight excluding hydrogens is 244 g/mol. The Morgan fingerprint density at radius 3 is 2.45 bits per heavy atom. The average molecular weight is 264 g/mol. The Kier molecular flexibility index (Phi) is 4.19. The maximum Gasteiger partial charge on any atom is 0.193 e. The van der Waals surface area contributed by atoms with Gasteiger partial charge in [-0.3, -0.25) is 4.79 Å². The van der Waals surface area contributed by atoms with E-state index in [1.54, 1.807) is 0 Å². The molecule has 2 aromatic carbocycles. The number of ketones is 1. The van der Waals surface area contributed by atoms with Crippen molar-refractivity contribution in [3.05, 3.63) is 76.4 Å². The van der Waals surface area contributed by atoms with E-state index in [0.29, 0.717) is 0 Å². The van der Waals surface area contributed by atoms with E-state index in [9.17, 15) is 4.79 Å². The van der Waals surface area contributed by atoms with Crippen molar-refractivity contribution in [2.45, 2.75) is 27.2 Å². The van der Waals surface area contributed by atoms with Gasteiger partial charge in [-0.1, -0.05) is 49.9 Å². The number of hydrogen-bond acceptors (Lipinski definition) is 1. The van der Waals surface area contributed by atoms with E-state index in [0.717, 1.165) is 34.2 Å². The average Bonchev–Trinajstić information content (AvgIpc) is 2.47. The lowest BCUT2D eigenvalue weighted by molar-refractivity contribution is 0.103. The molecule has 0 bridgehead atoms. The van der Waals surface area contributed by atoms with Gasteiger partial charge >= 0.3 is 0 Å². The van der Waals surface area contributed by atoms with Crippen LogP contribution in [0.2, 0.25) is 0 Å². The van der Waals surface area contributed by atoms with Crippen molar-refractivity contribution in [1.82, 2.24) is 0 Å². The van der Waals surface area contributed by atoms with Gasteiger partial charge in [-0.2, -0.15) is 0 Å². The predicted molar refractivity (Wildman–Crippen MR) is 85.3 cm³/mol. The third-order valence-electron chi connectivity index (χ3n) is 3.77. The molecule has 0 amide bonds. The normalized spacial score (nSPS) is 10.3. The second-order valence-corrected chi connectivity index (χ2v) is 5.06. The molecule has 1 heteroatoms. The van der Waals surface area contributed by atoms with Crippen LogP contribution in [0.3, 0.4) is 0 Å². The molecule has 102 valence electrons. The molecule has 0 unspecified atom stereocenters. The van der Waals surface area contributed by atoms with Crippen LogP contribution in [-0.2, 0) is 6.42 Å². The molecule has 0 aromatic heterocycles. The fourth-order valence-corrected chi connectivity index (χ4v) is 2.42. The zero-order chi connectivity index (χ0) is 14.7. The fourth-order valence-electron chi connectivity index (χ4n) is 2.42. The highest BCUT2D eigenvalue weighted by atomic mass is 16.1. The molecule has 0 aliphatic carbocycles. The summed E-state index contributed by atoms with van der Waals surface area (Å²) in [4.78, 5) is 12.8. The smallest absolute Gasteiger partial charge is 0.193 e. The van der Waals surface area contributed by atoms with Crippen LogP contribution in [0, 0.1) is 13.8 Å². The van der Waals surface area contributed by atoms with E-state index in [4.69, 9.17) is 0 Å². The molecule has 0 aliphatic rings. The van der Waals surface area contributed by atoms with Crippen LogP contribution in [0.5, 0.6) is 0 Å². The maximum atomic E-state index is 12.8. The van der Waals surface area contributed by atoms with Crippen LogP contribution in [0.15, 0.2) is 43.0 Å². The lowest BCUT2D eigenvalue weighted by Gasteiger charge is -2.12. The van der Waals surface area contributed by atoms with Gasteiger partial charge in [0.15, 0.2) is 5.78 Å². The van der Waals surface area contributed by atoms with E-state index < -0.39 is 0 Å². The molecule has 0 radical (unpaired) electrons. The first-order valence-electron chi connectivity index (χ1n) is 6.94. The first kappa shape index (κ1) is 14.3. The van der Waals surface area contributed by atoms with Crippen LogP contribution < -0.4 is 0 Å². The molecule has 0 aliphatic heterocycles. The zero-order valence-corrected chi connectivity index (χ0v) is 12.4. The highest BCUT2D eigenvalue weighted by Gasteiger charge is 2.15. The topological polar surface area (TPSA) is 17.1 Å². The molecule has 0 heterocycles. The summed E-state index contributed by atoms with van der Waals surface area (Å²) in [6.07, 6.45) is 2.73. The first-order chi connectivity index (χ1) is 9.58. The van der Waals surface area contributed by atoms with E-state index >= 15 is 0 Å². The molecule has 0 N–H and O–H groups in total. The van der Waals surface area contributed by atoms with Gasteiger partial charge in [-0.25, -0.2) is 0 Å². The minimum atomic E-state index is 0.0963. The summed E-state index contributed by atoms with van der Waals surface area (Å²) < 4.78 is 0. The summed E-state index contributed by atoms with van der Waals surface area (Å²) in [5.41, 5.74) is 5.79. The number of hydrogen-bond donors (Lipinski definition) is 0. The number of benzene rings is 2. The molecule has 0 fully saturated rings. The fraction of sp³-hybridized carbons (Fsp3) is 0.211. The van der Waals surface area contributed by atoms with Gasteiger partial charge in [-0.15, -0.1) is 0 Å². The van der Waals surface area contributed by atoms with Crippen molar-refractivity contribution in [2.24, 2.45) is 0 Å². The summed E-state index contributed by atoms with van der Waals surface area (Å²) in [7, 11) is 0. The van der Waals surface area contributed by atoms with E-state index in [1.165, 1.54) is 5.56 Å². The molecule has 0 saturated heterocycles. The predicted octanol–water partition coefficient (Wildman–Crippen LogP) is 4.74. The molecule has 2 aromatic rings. The van der Waals surface area contributed by atoms with E-state index in [1.807, 2.05) is 50.3 Å². The van der Waals surface area contributed by atoms with Crippen molar-refractivity contribution >= 4 is 11.9 Å². The van der Waals surface area contributed by atoms with Gasteiger partial charge in [0.05, 0.1) is 0 Å². The molecule has 0 atom stereocenters. The lowest BCUT2D eigenvalue weighted by atomic mass is 9.91. The molecular formula is C19H20O. The van der Waals surface area contributed by atoms with Crippen molar-refractivity contribution < 1.29 is 4.79 Å². The molecule has 2 rings (SSSR count). The summed E-state index contributed by atoms with van der Waals surface area (Å²) in [5, 5.41) is 0. The van der Waals surface area contributed by atoms with Crippen molar-refractivity contribution in [1.29, 1.82) is 0 Å². The highest BCUT2D eigenvalue weighted by Crippen LogP contribution is 2.23. The summed E-state index contributed by atoms with van der Waals surface area (Å²) in [5.74, 6) is 0.0963. The molecule has 0 spiro atoms. The third kappa shape index (κ3) is 2.57. The van der Waals surface area contributed by atoms with Gasteiger partial charge in [0.1, 0.15) is 0 Å². The van der Waals surface area contributed by atoms with Crippen LogP contribution in [0.25, 0.3) is 6.08 Å². The number of carbonyl (C=O) groups is 1. The van der Waals surface area contributed by atoms with Gasteiger partial charge in [-0.05, 0) is 48.6 Å². The summed E-state index contributed by atoms with van der Waals surface area (Å²) in [6.45, 7) is 9.90. The van der Waals surface area contributed by atoms with Gasteiger partial charge in [0, 0.05) is 11.1 Å². The second-order valence-electron chi connectivity index (χ2n) is 5.06. The first-order valence-corrected chi connectivity index (χ1v) is 6.94. The Morgan fingerprint density at radius 1 is 1.15 bits per heavy atom. The Hall–Kier alpha value is -2.15. The molecule has 20 heavy (non-hydrogen) atoms. The number of aryl methyl sites for hydroxylation is 2. The standard InChI is InChI=1S/C19H20O/c1-5-15-11-16(6-2)14(4)18(12-15)19(20)17-10-8-7-9-13(17)3/h6-12H,2,5H2,1,3-4H3. The quantitative estimate of drug-likeness (QED) is 0.729. The van der Waals surface area contributed by atoms with Gasteiger partial charge in [0.25, 0.3) is 0 Å². The zero-order valence-electron chi connectivity index (χ0n) is 12.4. The Morgan fingerprint density at radius 2 is 1.85 bits per heavy atom. The van der Waals surface area contributed by atoms with E-state index in [-0.39, 0.29) is 5.78 Å². The number of carbonyl (C=O) groups excluding carboxylic acids is 1. The van der Waals surface area contributed by atoms with Crippen LogP contribution in [-0.4, -0.2) is 5.78 Å². The summed E-state index contributed by atoms with van der Waals surface area (Å²) in [6, 6.07) is 11.8. The van der Waals surface area contributed by atoms with Gasteiger partial charge in [0.2, 0.25) is 0 Å².